The van der Waals surface area contributed by atoms with E-state index in [9.17, 15) is 19.7 Å². The molecule has 5 rings (SSSR count). The van der Waals surface area contributed by atoms with Gasteiger partial charge in [0.1, 0.15) is 6.10 Å². The highest BCUT2D eigenvalue weighted by molar-refractivity contribution is 6.00. The predicted molar refractivity (Wildman–Crippen MR) is 151 cm³/mol. The van der Waals surface area contributed by atoms with Gasteiger partial charge in [-0.2, -0.15) is 0 Å². The maximum absolute atomic E-state index is 13.5. The second-order valence-corrected chi connectivity index (χ2v) is 15.7. The molecule has 4 saturated carbocycles. The second-order valence-electron chi connectivity index (χ2n) is 15.7. The lowest BCUT2D eigenvalue weighted by Gasteiger charge is -2.72. The summed E-state index contributed by atoms with van der Waals surface area (Å²) in [6.07, 6.45) is 9.41. The Hall–Kier alpha value is -1.72. The van der Waals surface area contributed by atoms with Gasteiger partial charge in [-0.15, -0.1) is 0 Å². The number of esters is 1. The summed E-state index contributed by atoms with van der Waals surface area (Å²) in [5.74, 6) is 1.64. The SMILES string of the molecule is CC(=O)OC1CCC2(C)C(CCC3(C)C2CCC2C4=C(C(C)C)C(=O)CC4(CC[N+](=O)[O-])CCC23C)C1(C)C. The van der Waals surface area contributed by atoms with Gasteiger partial charge < -0.3 is 4.74 Å². The third-order valence-corrected chi connectivity index (χ3v) is 13.6. The van der Waals surface area contributed by atoms with Crippen molar-refractivity contribution < 1.29 is 19.2 Å². The summed E-state index contributed by atoms with van der Waals surface area (Å²) in [5.41, 5.74) is 2.36. The molecule has 0 aromatic heterocycles. The quantitative estimate of drug-likeness (QED) is 0.204. The predicted octanol–water partition coefficient (Wildman–Crippen LogP) is 7.57. The van der Waals surface area contributed by atoms with E-state index in [1.54, 1.807) is 0 Å². The number of ketones is 1. The normalized spacial score (nSPS) is 44.8. The maximum Gasteiger partial charge on any atom is 0.302 e. The van der Waals surface area contributed by atoms with Crippen molar-refractivity contribution in [3.8, 4) is 0 Å². The van der Waals surface area contributed by atoms with Crippen molar-refractivity contribution in [1.29, 1.82) is 0 Å². The number of hydrogen-bond acceptors (Lipinski definition) is 5. The highest BCUT2D eigenvalue weighted by Gasteiger charge is 2.70. The topological polar surface area (TPSA) is 86.5 Å². The molecule has 0 heterocycles. The van der Waals surface area contributed by atoms with Gasteiger partial charge in [-0.25, -0.2) is 0 Å². The number of nitrogens with zero attached hydrogens (tertiary/aromatic N) is 1. The molecule has 0 aromatic rings. The molecule has 5 aliphatic rings. The van der Waals surface area contributed by atoms with Gasteiger partial charge in [-0.3, -0.25) is 19.7 Å². The zero-order valence-corrected chi connectivity index (χ0v) is 25.7. The summed E-state index contributed by atoms with van der Waals surface area (Å²) in [4.78, 5) is 36.8. The van der Waals surface area contributed by atoms with Crippen molar-refractivity contribution in [3.05, 3.63) is 21.3 Å². The molecule has 5 aliphatic carbocycles. The van der Waals surface area contributed by atoms with E-state index >= 15 is 0 Å². The van der Waals surface area contributed by atoms with Crippen molar-refractivity contribution in [3.63, 3.8) is 0 Å². The largest absolute Gasteiger partial charge is 0.462 e. The van der Waals surface area contributed by atoms with Crippen LogP contribution in [-0.4, -0.2) is 29.3 Å². The summed E-state index contributed by atoms with van der Waals surface area (Å²) >= 11 is 0. The lowest BCUT2D eigenvalue weighted by Crippen LogP contribution is -2.65. The Kier molecular flexibility index (Phi) is 6.75. The molecule has 0 aromatic carbocycles. The third-order valence-electron chi connectivity index (χ3n) is 13.6. The van der Waals surface area contributed by atoms with Gasteiger partial charge in [-0.1, -0.05) is 54.0 Å². The van der Waals surface area contributed by atoms with Crippen molar-refractivity contribution >= 4 is 11.8 Å². The van der Waals surface area contributed by atoms with Crippen LogP contribution in [0.4, 0.5) is 0 Å². The number of carbonyl (C=O) groups is 2. The number of Topliss-reactive ketones (excluding diaryl/α,β-unsaturated/α-hetero) is 1. The molecule has 39 heavy (non-hydrogen) atoms. The van der Waals surface area contributed by atoms with E-state index in [4.69, 9.17) is 4.74 Å². The number of nitro groups is 1. The van der Waals surface area contributed by atoms with Crippen LogP contribution in [0.25, 0.3) is 0 Å². The monoisotopic (exact) mass is 541 g/mol. The summed E-state index contributed by atoms with van der Waals surface area (Å²) in [6.45, 7) is 18.0. The van der Waals surface area contributed by atoms with Crippen LogP contribution in [0.1, 0.15) is 120 Å². The molecule has 6 nitrogen and oxygen atoms in total. The number of hydrogen-bond donors (Lipinski definition) is 0. The van der Waals surface area contributed by atoms with Crippen LogP contribution in [0.3, 0.4) is 0 Å². The van der Waals surface area contributed by atoms with Gasteiger partial charge in [-0.05, 0) is 96.9 Å². The smallest absolute Gasteiger partial charge is 0.302 e. The first-order valence-electron chi connectivity index (χ1n) is 15.6. The standard InChI is InChI=1S/C33H51NO5/c1-20(2)27-23(36)19-33(17-18-34(37)38)16-15-31(7)22(28(27)33)9-10-25-30(6)13-12-26(39-21(3)35)29(4,5)24(30)11-14-32(25,31)8/h20,22,24-26H,9-19H2,1-8H3. The lowest BCUT2D eigenvalue weighted by atomic mass is 9.33. The van der Waals surface area contributed by atoms with Crippen molar-refractivity contribution in [2.24, 2.45) is 50.7 Å². The molecule has 0 radical (unpaired) electrons. The molecule has 218 valence electrons. The van der Waals surface area contributed by atoms with Crippen molar-refractivity contribution in [1.82, 2.24) is 0 Å². The Balaban J connectivity index is 1.54. The van der Waals surface area contributed by atoms with Crippen LogP contribution in [0, 0.1) is 60.9 Å². The van der Waals surface area contributed by atoms with Crippen LogP contribution in [0.15, 0.2) is 11.1 Å². The van der Waals surface area contributed by atoms with Gasteiger partial charge in [0.05, 0.1) is 0 Å². The molecule has 0 bridgehead atoms. The Morgan fingerprint density at radius 2 is 1.67 bits per heavy atom. The molecule has 0 saturated heterocycles. The van der Waals surface area contributed by atoms with Crippen LogP contribution >= 0.6 is 0 Å². The minimum absolute atomic E-state index is 0.0236. The fourth-order valence-corrected chi connectivity index (χ4v) is 11.7. The number of allylic oxidation sites excluding steroid dienone is 2. The molecule has 0 spiro atoms. The fourth-order valence-electron chi connectivity index (χ4n) is 11.7. The molecule has 4 fully saturated rings. The highest BCUT2D eigenvalue weighted by Crippen LogP contribution is 2.77. The van der Waals surface area contributed by atoms with E-state index < -0.39 is 0 Å². The van der Waals surface area contributed by atoms with E-state index in [0.717, 1.165) is 56.9 Å². The van der Waals surface area contributed by atoms with Gasteiger partial charge in [0, 0.05) is 35.5 Å². The summed E-state index contributed by atoms with van der Waals surface area (Å²) in [6, 6.07) is 0. The number of rotatable bonds is 5. The minimum Gasteiger partial charge on any atom is -0.462 e. The van der Waals surface area contributed by atoms with Gasteiger partial charge in [0.25, 0.3) is 0 Å². The average Bonchev–Trinajstić information content (AvgIpc) is 3.12. The van der Waals surface area contributed by atoms with Crippen molar-refractivity contribution in [2.45, 2.75) is 126 Å². The highest BCUT2D eigenvalue weighted by atomic mass is 16.6. The van der Waals surface area contributed by atoms with Crippen LogP contribution in [0.2, 0.25) is 0 Å². The summed E-state index contributed by atoms with van der Waals surface area (Å²) in [7, 11) is 0. The first kappa shape index (κ1) is 28.8. The van der Waals surface area contributed by atoms with Gasteiger partial charge in [0.2, 0.25) is 6.54 Å². The van der Waals surface area contributed by atoms with E-state index in [1.807, 2.05) is 0 Å². The van der Waals surface area contributed by atoms with E-state index in [0.29, 0.717) is 30.6 Å². The first-order valence-corrected chi connectivity index (χ1v) is 15.6. The third kappa shape index (κ3) is 3.92. The Bertz CT molecular complexity index is 1110. The molecule has 0 aliphatic heterocycles. The van der Waals surface area contributed by atoms with Crippen LogP contribution < -0.4 is 0 Å². The first-order chi connectivity index (χ1) is 18.0. The molecule has 8 unspecified atom stereocenters. The number of carbonyl (C=O) groups excluding carboxylic acids is 2. The molecular weight excluding hydrogens is 490 g/mol. The zero-order valence-electron chi connectivity index (χ0n) is 25.7. The summed E-state index contributed by atoms with van der Waals surface area (Å²) < 4.78 is 5.88. The lowest BCUT2D eigenvalue weighted by molar-refractivity contribution is -0.483. The molecular formula is C33H51NO5. The second kappa shape index (κ2) is 9.14. The zero-order chi connectivity index (χ0) is 28.8. The van der Waals surface area contributed by atoms with E-state index in [1.165, 1.54) is 12.5 Å². The Morgan fingerprint density at radius 1 is 0.974 bits per heavy atom. The Morgan fingerprint density at radius 3 is 2.28 bits per heavy atom. The van der Waals surface area contributed by atoms with Gasteiger partial charge in [0.15, 0.2) is 5.78 Å². The van der Waals surface area contributed by atoms with Crippen LogP contribution in [-0.2, 0) is 14.3 Å². The maximum atomic E-state index is 13.5. The van der Waals surface area contributed by atoms with Gasteiger partial charge >= 0.3 is 5.97 Å². The number of ether oxygens (including phenoxy) is 1. The number of fused-ring (bicyclic) bond motifs is 7. The average molecular weight is 542 g/mol. The minimum atomic E-state index is -0.317. The van der Waals surface area contributed by atoms with Crippen molar-refractivity contribution in [2.75, 3.05) is 6.54 Å². The molecule has 6 heteroatoms. The summed E-state index contributed by atoms with van der Waals surface area (Å²) in [5, 5.41) is 11.5. The van der Waals surface area contributed by atoms with E-state index in [-0.39, 0.29) is 62.3 Å². The van der Waals surface area contributed by atoms with E-state index in [2.05, 4.69) is 48.5 Å². The molecule has 0 N–H and O–H groups in total. The Labute approximate surface area is 235 Å². The fraction of sp³-hybridized carbons (Fsp3) is 0.879. The molecule has 8 atom stereocenters. The van der Waals surface area contributed by atoms with Crippen LogP contribution in [0.5, 0.6) is 0 Å². The molecule has 0 amide bonds.